The number of aliphatic hydroxyl groups is 1. The van der Waals surface area contributed by atoms with Crippen molar-refractivity contribution >= 4 is 29.1 Å². The van der Waals surface area contributed by atoms with Crippen LogP contribution in [0.15, 0.2) is 12.1 Å². The van der Waals surface area contributed by atoms with E-state index >= 15 is 0 Å². The molecule has 1 amide bonds. The molecule has 0 unspecified atom stereocenters. The Balaban J connectivity index is 1.62. The largest absolute Gasteiger partial charge is 0.508 e. The zero-order valence-electron chi connectivity index (χ0n) is 13.3. The molecule has 0 aliphatic carbocycles. The summed E-state index contributed by atoms with van der Waals surface area (Å²) in [6.45, 7) is 1.85. The lowest BCUT2D eigenvalue weighted by Gasteiger charge is -2.30. The highest BCUT2D eigenvalue weighted by Crippen LogP contribution is 2.41. The van der Waals surface area contributed by atoms with Crippen molar-refractivity contribution < 1.29 is 15.0 Å². The van der Waals surface area contributed by atoms with Gasteiger partial charge >= 0.3 is 0 Å². The first kappa shape index (κ1) is 17.8. The quantitative estimate of drug-likeness (QED) is 0.762. The van der Waals surface area contributed by atoms with Gasteiger partial charge in [0.1, 0.15) is 5.75 Å². The van der Waals surface area contributed by atoms with E-state index in [0.717, 1.165) is 25.8 Å². The monoisotopic (exact) mass is 372 g/mol. The molecule has 24 heavy (non-hydrogen) atoms. The minimum atomic E-state index is -0.403. The van der Waals surface area contributed by atoms with Crippen LogP contribution in [0.2, 0.25) is 10.0 Å². The van der Waals surface area contributed by atoms with E-state index in [1.165, 1.54) is 0 Å². The highest BCUT2D eigenvalue weighted by Gasteiger charge is 2.32. The molecule has 3 N–H and O–H groups in total. The first-order valence-electron chi connectivity index (χ1n) is 8.31. The zero-order chi connectivity index (χ0) is 17.3. The van der Waals surface area contributed by atoms with Crippen LogP contribution < -0.4 is 5.32 Å². The van der Waals surface area contributed by atoms with Gasteiger partial charge in [-0.15, -0.1) is 0 Å². The number of nitrogens with zero attached hydrogens (tertiary/aromatic N) is 1. The van der Waals surface area contributed by atoms with Gasteiger partial charge in [0.2, 0.25) is 5.91 Å². The molecule has 0 aromatic heterocycles. The van der Waals surface area contributed by atoms with Crippen LogP contribution in [-0.4, -0.2) is 46.8 Å². The second kappa shape index (κ2) is 7.48. The zero-order valence-corrected chi connectivity index (χ0v) is 14.9. The van der Waals surface area contributed by atoms with E-state index < -0.39 is 6.10 Å². The van der Waals surface area contributed by atoms with E-state index in [4.69, 9.17) is 23.2 Å². The van der Waals surface area contributed by atoms with Crippen LogP contribution in [-0.2, 0) is 4.79 Å². The third-order valence-corrected chi connectivity index (χ3v) is 5.71. The number of carbonyl (C=O) groups is 1. The summed E-state index contributed by atoms with van der Waals surface area (Å²) in [6, 6.07) is 3.00. The molecule has 2 aliphatic heterocycles. The Bertz CT molecular complexity index is 626. The normalized spacial score (nSPS) is 27.5. The maximum atomic E-state index is 12.4. The first-order chi connectivity index (χ1) is 11.5. The summed E-state index contributed by atoms with van der Waals surface area (Å²) in [4.78, 5) is 14.2. The third-order valence-electron chi connectivity index (χ3n) is 4.89. The predicted molar refractivity (Wildman–Crippen MR) is 93.4 cm³/mol. The summed E-state index contributed by atoms with van der Waals surface area (Å²) in [7, 11) is 0. The number of amides is 1. The van der Waals surface area contributed by atoms with Crippen molar-refractivity contribution in [1.82, 2.24) is 10.2 Å². The molecule has 0 saturated carbocycles. The summed E-state index contributed by atoms with van der Waals surface area (Å²) in [5.41, 5.74) is 0.604. The van der Waals surface area contributed by atoms with Gasteiger partial charge in [0, 0.05) is 31.1 Å². The van der Waals surface area contributed by atoms with Crippen LogP contribution in [0.1, 0.15) is 37.3 Å². The molecule has 1 aromatic carbocycles. The molecule has 0 radical (unpaired) electrons. The molecule has 0 spiro atoms. The first-order valence-corrected chi connectivity index (χ1v) is 9.07. The third kappa shape index (κ3) is 3.80. The van der Waals surface area contributed by atoms with E-state index in [1.54, 1.807) is 17.0 Å². The van der Waals surface area contributed by atoms with Gasteiger partial charge in [-0.3, -0.25) is 4.79 Å². The fourth-order valence-corrected chi connectivity index (χ4v) is 4.09. The molecule has 1 aromatic rings. The average Bonchev–Trinajstić information content (AvgIpc) is 2.99. The van der Waals surface area contributed by atoms with Crippen molar-refractivity contribution in [2.75, 3.05) is 19.6 Å². The van der Waals surface area contributed by atoms with Gasteiger partial charge in [-0.2, -0.15) is 0 Å². The number of benzene rings is 1. The van der Waals surface area contributed by atoms with Crippen molar-refractivity contribution in [3.05, 3.63) is 27.7 Å². The SMILES string of the molecule is O=C(C[C@H]1CN[C@@H](c2c(O)ccc(Cl)c2Cl)C1)N1CCC[C@H](O)C1. The Labute approximate surface area is 151 Å². The number of likely N-dealkylation sites (tertiary alicyclic amines) is 1. The van der Waals surface area contributed by atoms with E-state index in [9.17, 15) is 15.0 Å². The molecular formula is C17H22Cl2N2O3. The fraction of sp³-hybridized carbons (Fsp3) is 0.588. The molecule has 132 valence electrons. The van der Waals surface area contributed by atoms with E-state index in [-0.39, 0.29) is 23.6 Å². The Morgan fingerprint density at radius 2 is 2.17 bits per heavy atom. The average molecular weight is 373 g/mol. The highest BCUT2D eigenvalue weighted by atomic mass is 35.5. The number of hydrogen-bond acceptors (Lipinski definition) is 4. The fourth-order valence-electron chi connectivity index (χ4n) is 3.63. The molecule has 2 aliphatic rings. The molecular weight excluding hydrogens is 351 g/mol. The minimum Gasteiger partial charge on any atom is -0.508 e. The van der Waals surface area contributed by atoms with Crippen LogP contribution in [0.5, 0.6) is 5.75 Å². The number of hydrogen-bond donors (Lipinski definition) is 3. The minimum absolute atomic E-state index is 0.0858. The van der Waals surface area contributed by atoms with Crippen LogP contribution in [0.3, 0.4) is 0 Å². The summed E-state index contributed by atoms with van der Waals surface area (Å²) >= 11 is 12.3. The number of phenolic OH excluding ortho intramolecular Hbond substituents is 1. The van der Waals surface area contributed by atoms with Crippen LogP contribution in [0, 0.1) is 5.92 Å². The van der Waals surface area contributed by atoms with Crippen molar-refractivity contribution in [2.45, 2.75) is 37.8 Å². The lowest BCUT2D eigenvalue weighted by atomic mass is 9.96. The maximum absolute atomic E-state index is 12.4. The summed E-state index contributed by atoms with van der Waals surface area (Å²) in [6.07, 6.45) is 2.37. The second-order valence-electron chi connectivity index (χ2n) is 6.70. The number of β-amino-alcohol motifs (C(OH)–C–C–N with tert-alkyl or cyclic N) is 1. The number of phenols is 1. The maximum Gasteiger partial charge on any atom is 0.222 e. The molecule has 5 nitrogen and oxygen atoms in total. The molecule has 7 heteroatoms. The number of carbonyl (C=O) groups excluding carboxylic acids is 1. The Kier molecular flexibility index (Phi) is 5.55. The summed E-state index contributed by atoms with van der Waals surface area (Å²) in [5, 5.41) is 23.9. The number of halogens is 2. The van der Waals surface area contributed by atoms with Crippen LogP contribution in [0.4, 0.5) is 0 Å². The van der Waals surface area contributed by atoms with Gasteiger partial charge in [0.25, 0.3) is 0 Å². The number of aliphatic hydroxyl groups excluding tert-OH is 1. The lowest BCUT2D eigenvalue weighted by molar-refractivity contribution is -0.135. The predicted octanol–water partition coefficient (Wildman–Crippen LogP) is 2.72. The Hall–Kier alpha value is -1.01. The molecule has 3 rings (SSSR count). The molecule has 2 fully saturated rings. The van der Waals surface area contributed by atoms with Gasteiger partial charge in [-0.25, -0.2) is 0 Å². The van der Waals surface area contributed by atoms with E-state index in [0.29, 0.717) is 35.1 Å². The number of piperidine rings is 1. The number of nitrogens with one attached hydrogen (secondary N) is 1. The highest BCUT2D eigenvalue weighted by molar-refractivity contribution is 6.42. The Morgan fingerprint density at radius 3 is 2.92 bits per heavy atom. The van der Waals surface area contributed by atoms with Gasteiger partial charge < -0.3 is 20.4 Å². The lowest BCUT2D eigenvalue weighted by Crippen LogP contribution is -2.42. The van der Waals surface area contributed by atoms with Gasteiger partial charge in [0.05, 0.1) is 16.1 Å². The molecule has 3 atom stereocenters. The standard InChI is InChI=1S/C17H22Cl2N2O3/c18-12-3-4-14(23)16(17(12)19)13-6-10(8-20-13)7-15(24)21-5-1-2-11(22)9-21/h3-4,10-11,13,20,22-23H,1-2,5-9H2/t10-,11-,13+/m0/s1. The summed E-state index contributed by atoms with van der Waals surface area (Å²) < 4.78 is 0. The van der Waals surface area contributed by atoms with Crippen molar-refractivity contribution in [1.29, 1.82) is 0 Å². The topological polar surface area (TPSA) is 72.8 Å². The Morgan fingerprint density at radius 1 is 1.38 bits per heavy atom. The van der Waals surface area contributed by atoms with Gasteiger partial charge in [-0.1, -0.05) is 23.2 Å². The molecule has 0 bridgehead atoms. The van der Waals surface area contributed by atoms with Crippen molar-refractivity contribution in [3.8, 4) is 5.75 Å². The van der Waals surface area contributed by atoms with Crippen molar-refractivity contribution in [2.24, 2.45) is 5.92 Å². The smallest absolute Gasteiger partial charge is 0.222 e. The van der Waals surface area contributed by atoms with E-state index in [1.807, 2.05) is 0 Å². The van der Waals surface area contributed by atoms with Crippen molar-refractivity contribution in [3.63, 3.8) is 0 Å². The van der Waals surface area contributed by atoms with Gasteiger partial charge in [0.15, 0.2) is 0 Å². The molecule has 2 saturated heterocycles. The van der Waals surface area contributed by atoms with Gasteiger partial charge in [-0.05, 0) is 43.9 Å². The van der Waals surface area contributed by atoms with Crippen LogP contribution >= 0.6 is 23.2 Å². The number of rotatable bonds is 3. The van der Waals surface area contributed by atoms with Crippen LogP contribution in [0.25, 0.3) is 0 Å². The molecule has 2 heterocycles. The number of aromatic hydroxyl groups is 1. The van der Waals surface area contributed by atoms with E-state index in [2.05, 4.69) is 5.32 Å². The second-order valence-corrected chi connectivity index (χ2v) is 7.48. The summed E-state index contributed by atoms with van der Waals surface area (Å²) in [5.74, 6) is 0.381.